The molecule has 1 aliphatic rings. The van der Waals surface area contributed by atoms with E-state index in [4.69, 9.17) is 5.73 Å². The summed E-state index contributed by atoms with van der Waals surface area (Å²) < 4.78 is 0. The second-order valence-electron chi connectivity index (χ2n) is 5.08. The van der Waals surface area contributed by atoms with E-state index >= 15 is 0 Å². The lowest BCUT2D eigenvalue weighted by molar-refractivity contribution is -0.117. The van der Waals surface area contributed by atoms with Gasteiger partial charge in [-0.1, -0.05) is 23.9 Å². The molecule has 1 saturated heterocycles. The summed E-state index contributed by atoms with van der Waals surface area (Å²) in [6.07, 6.45) is 1.39. The normalized spacial score (nSPS) is 18.6. The van der Waals surface area contributed by atoms with Crippen molar-refractivity contribution in [2.24, 2.45) is 11.7 Å². The average Bonchev–Trinajstić information content (AvgIpc) is 2.79. The molecule has 5 heteroatoms. The van der Waals surface area contributed by atoms with E-state index in [1.54, 1.807) is 6.92 Å². The predicted octanol–water partition coefficient (Wildman–Crippen LogP) is 1.82. The highest BCUT2D eigenvalue weighted by Crippen LogP contribution is 2.27. The number of nitrogens with zero attached hydrogens (tertiary/aromatic N) is 1. The van der Waals surface area contributed by atoms with Crippen molar-refractivity contribution >= 4 is 28.5 Å². The first kappa shape index (κ1) is 15.1. The number of rotatable bonds is 5. The van der Waals surface area contributed by atoms with Gasteiger partial charge in [-0.3, -0.25) is 9.59 Å². The summed E-state index contributed by atoms with van der Waals surface area (Å²) in [7, 11) is 0. The maximum absolute atomic E-state index is 12.1. The highest BCUT2D eigenvalue weighted by atomic mass is 32.2. The molecule has 108 valence electrons. The van der Waals surface area contributed by atoms with Gasteiger partial charge in [0.15, 0.2) is 5.12 Å². The highest BCUT2D eigenvalue weighted by Gasteiger charge is 2.30. The van der Waals surface area contributed by atoms with Crippen LogP contribution in [0.15, 0.2) is 24.3 Å². The zero-order chi connectivity index (χ0) is 14.5. The van der Waals surface area contributed by atoms with Gasteiger partial charge in [0, 0.05) is 31.3 Å². The number of thioether (sulfide) groups is 1. The van der Waals surface area contributed by atoms with E-state index in [9.17, 15) is 9.59 Å². The van der Waals surface area contributed by atoms with E-state index < -0.39 is 0 Å². The summed E-state index contributed by atoms with van der Waals surface area (Å²) in [4.78, 5) is 24.9. The Labute approximate surface area is 123 Å². The first-order chi connectivity index (χ1) is 9.60. The number of benzene rings is 1. The van der Waals surface area contributed by atoms with Crippen LogP contribution in [0.3, 0.4) is 0 Å². The van der Waals surface area contributed by atoms with E-state index in [0.29, 0.717) is 19.5 Å². The molecule has 0 spiro atoms. The quantitative estimate of drug-likeness (QED) is 0.899. The number of hydrogen-bond donors (Lipinski definition) is 1. The molecule has 0 radical (unpaired) electrons. The largest absolute Gasteiger partial charge is 0.330 e. The molecule has 20 heavy (non-hydrogen) atoms. The molecule has 0 aliphatic carbocycles. The third-order valence-electron chi connectivity index (χ3n) is 3.41. The lowest BCUT2D eigenvalue weighted by Gasteiger charge is -2.17. The van der Waals surface area contributed by atoms with Crippen molar-refractivity contribution in [3.63, 3.8) is 0 Å². The topological polar surface area (TPSA) is 63.4 Å². The minimum atomic E-state index is 0.113. The zero-order valence-corrected chi connectivity index (χ0v) is 12.5. The van der Waals surface area contributed by atoms with Gasteiger partial charge < -0.3 is 10.6 Å². The number of nitrogens with two attached hydrogens (primary N) is 1. The van der Waals surface area contributed by atoms with Gasteiger partial charge in [0.2, 0.25) is 5.91 Å². The summed E-state index contributed by atoms with van der Waals surface area (Å²) >= 11 is 1.31. The molecular weight excluding hydrogens is 272 g/mol. The molecule has 0 aromatic heterocycles. The highest BCUT2D eigenvalue weighted by molar-refractivity contribution is 8.13. The van der Waals surface area contributed by atoms with Gasteiger partial charge in [0.1, 0.15) is 0 Å². The van der Waals surface area contributed by atoms with E-state index in [0.717, 1.165) is 17.9 Å². The maximum atomic E-state index is 12.1. The molecule has 2 N–H and O–H groups in total. The lowest BCUT2D eigenvalue weighted by Crippen LogP contribution is -2.24. The van der Waals surface area contributed by atoms with Gasteiger partial charge in [-0.2, -0.15) is 0 Å². The van der Waals surface area contributed by atoms with Crippen molar-refractivity contribution in [3.05, 3.63) is 29.8 Å². The molecule has 0 bridgehead atoms. The number of amides is 1. The molecular formula is C15H20N2O2S. The Morgan fingerprint density at radius 3 is 2.70 bits per heavy atom. The number of carbonyl (C=O) groups excluding carboxylic acids is 2. The van der Waals surface area contributed by atoms with Crippen LogP contribution in [0.1, 0.15) is 18.9 Å². The van der Waals surface area contributed by atoms with Crippen LogP contribution in [0.4, 0.5) is 5.69 Å². The Hall–Kier alpha value is -1.33. The molecule has 1 unspecified atom stereocenters. The Morgan fingerprint density at radius 2 is 2.10 bits per heavy atom. The van der Waals surface area contributed by atoms with Crippen molar-refractivity contribution in [1.29, 1.82) is 0 Å². The van der Waals surface area contributed by atoms with Crippen LogP contribution in [-0.4, -0.2) is 29.9 Å². The van der Waals surface area contributed by atoms with Crippen LogP contribution in [0.2, 0.25) is 0 Å². The van der Waals surface area contributed by atoms with Crippen molar-refractivity contribution in [1.82, 2.24) is 0 Å². The van der Waals surface area contributed by atoms with Crippen LogP contribution in [0.25, 0.3) is 0 Å². The van der Waals surface area contributed by atoms with Crippen molar-refractivity contribution < 1.29 is 9.59 Å². The van der Waals surface area contributed by atoms with Crippen LogP contribution < -0.4 is 10.6 Å². The van der Waals surface area contributed by atoms with Gasteiger partial charge in [-0.05, 0) is 36.6 Å². The summed E-state index contributed by atoms with van der Waals surface area (Å²) in [6, 6.07) is 7.99. The minimum absolute atomic E-state index is 0.113. The molecule has 1 fully saturated rings. The van der Waals surface area contributed by atoms with E-state index in [-0.39, 0.29) is 16.9 Å². The smallest absolute Gasteiger partial charge is 0.227 e. The standard InChI is InChI=1S/C15H20N2O2S/c1-11(18)20-10-13-8-15(19)17(9-13)14-4-2-12(3-5-14)6-7-16/h2-5,13H,6-10,16H2,1H3. The molecule has 1 amide bonds. The number of anilines is 1. The fourth-order valence-corrected chi connectivity index (χ4v) is 3.08. The van der Waals surface area contributed by atoms with Crippen LogP contribution >= 0.6 is 11.8 Å². The second kappa shape index (κ2) is 6.90. The molecule has 0 saturated carbocycles. The Morgan fingerprint density at radius 1 is 1.40 bits per heavy atom. The Balaban J connectivity index is 1.98. The SMILES string of the molecule is CC(=O)SCC1CC(=O)N(c2ccc(CCN)cc2)C1. The third kappa shape index (κ3) is 3.84. The average molecular weight is 292 g/mol. The van der Waals surface area contributed by atoms with Gasteiger partial charge >= 0.3 is 0 Å². The second-order valence-corrected chi connectivity index (χ2v) is 6.28. The minimum Gasteiger partial charge on any atom is -0.330 e. The monoisotopic (exact) mass is 292 g/mol. The fourth-order valence-electron chi connectivity index (χ4n) is 2.39. The molecule has 1 aromatic rings. The van der Waals surface area contributed by atoms with E-state index in [1.165, 1.54) is 17.3 Å². The molecule has 2 rings (SSSR count). The predicted molar refractivity (Wildman–Crippen MR) is 82.8 cm³/mol. The Kier molecular flexibility index (Phi) is 5.20. The number of carbonyl (C=O) groups is 2. The summed E-state index contributed by atoms with van der Waals surface area (Å²) in [5.41, 5.74) is 7.65. The lowest BCUT2D eigenvalue weighted by atomic mass is 10.1. The van der Waals surface area contributed by atoms with Gasteiger partial charge in [-0.15, -0.1) is 0 Å². The molecule has 4 nitrogen and oxygen atoms in total. The summed E-state index contributed by atoms with van der Waals surface area (Å²) in [5, 5.41) is 0.113. The molecule has 1 aromatic carbocycles. The van der Waals surface area contributed by atoms with Crippen molar-refractivity contribution in [2.45, 2.75) is 19.8 Å². The summed E-state index contributed by atoms with van der Waals surface area (Å²) in [5.74, 6) is 1.13. The van der Waals surface area contributed by atoms with Gasteiger partial charge in [-0.25, -0.2) is 0 Å². The van der Waals surface area contributed by atoms with Crippen LogP contribution in [-0.2, 0) is 16.0 Å². The van der Waals surface area contributed by atoms with Crippen molar-refractivity contribution in [2.75, 3.05) is 23.7 Å². The number of hydrogen-bond acceptors (Lipinski definition) is 4. The zero-order valence-electron chi connectivity index (χ0n) is 11.7. The molecule has 1 atom stereocenters. The third-order valence-corrected chi connectivity index (χ3v) is 4.45. The fraction of sp³-hybridized carbons (Fsp3) is 0.467. The van der Waals surface area contributed by atoms with Gasteiger partial charge in [0.05, 0.1) is 0 Å². The van der Waals surface area contributed by atoms with E-state index in [1.807, 2.05) is 29.2 Å². The summed E-state index contributed by atoms with van der Waals surface area (Å²) in [6.45, 7) is 2.90. The van der Waals surface area contributed by atoms with E-state index in [2.05, 4.69) is 0 Å². The molecule has 1 aliphatic heterocycles. The van der Waals surface area contributed by atoms with Crippen LogP contribution in [0.5, 0.6) is 0 Å². The maximum Gasteiger partial charge on any atom is 0.227 e. The molecule has 1 heterocycles. The van der Waals surface area contributed by atoms with Crippen molar-refractivity contribution in [3.8, 4) is 0 Å². The van der Waals surface area contributed by atoms with Crippen LogP contribution in [0, 0.1) is 5.92 Å². The first-order valence-electron chi connectivity index (χ1n) is 6.83. The van der Waals surface area contributed by atoms with Gasteiger partial charge in [0.25, 0.3) is 0 Å². The Bertz CT molecular complexity index is 487. The first-order valence-corrected chi connectivity index (χ1v) is 7.81.